The van der Waals surface area contributed by atoms with Gasteiger partial charge in [-0.15, -0.1) is 10.2 Å². The molecular weight excluding hydrogens is 391 g/mol. The van der Waals surface area contributed by atoms with Gasteiger partial charge in [0.1, 0.15) is 0 Å². The maximum Gasteiger partial charge on any atom is 0.234 e. The summed E-state index contributed by atoms with van der Waals surface area (Å²) in [6, 6.07) is 12.9. The summed E-state index contributed by atoms with van der Waals surface area (Å²) in [6.07, 6.45) is 0. The number of carbonyl (C=O) groups is 1. The minimum absolute atomic E-state index is 0.166. The zero-order chi connectivity index (χ0) is 18.7. The Kier molecular flexibility index (Phi) is 5.86. The van der Waals surface area contributed by atoms with Crippen LogP contribution in [0.1, 0.15) is 5.56 Å². The summed E-state index contributed by atoms with van der Waals surface area (Å²) >= 11 is 13.7. The molecule has 0 aliphatic heterocycles. The Hall–Kier alpha value is -2.02. The third kappa shape index (κ3) is 4.20. The number of hydrogen-bond donors (Lipinski definition) is 1. The van der Waals surface area contributed by atoms with Crippen molar-refractivity contribution in [2.24, 2.45) is 7.05 Å². The highest BCUT2D eigenvalue weighted by molar-refractivity contribution is 7.99. The van der Waals surface area contributed by atoms with Crippen LogP contribution in [0.25, 0.3) is 11.4 Å². The number of nitrogens with zero attached hydrogens (tertiary/aromatic N) is 3. The number of carbonyl (C=O) groups excluding carboxylic acids is 1. The number of rotatable bonds is 5. The van der Waals surface area contributed by atoms with E-state index in [-0.39, 0.29) is 11.7 Å². The third-order valence-electron chi connectivity index (χ3n) is 3.68. The topological polar surface area (TPSA) is 59.8 Å². The summed E-state index contributed by atoms with van der Waals surface area (Å²) in [5, 5.41) is 12.9. The van der Waals surface area contributed by atoms with Crippen LogP contribution in [0, 0.1) is 6.92 Å². The zero-order valence-corrected chi connectivity index (χ0v) is 16.5. The number of hydrogen-bond acceptors (Lipinski definition) is 4. The Balaban J connectivity index is 1.69. The van der Waals surface area contributed by atoms with Crippen LogP contribution in [0.5, 0.6) is 0 Å². The lowest BCUT2D eigenvalue weighted by Gasteiger charge is -2.07. The van der Waals surface area contributed by atoms with E-state index in [1.54, 1.807) is 12.1 Å². The van der Waals surface area contributed by atoms with Crippen LogP contribution >= 0.6 is 35.0 Å². The average Bonchev–Trinajstić information content (AvgIpc) is 2.96. The molecule has 0 atom stereocenters. The van der Waals surface area contributed by atoms with E-state index in [1.807, 2.05) is 48.9 Å². The van der Waals surface area contributed by atoms with Crippen LogP contribution < -0.4 is 5.32 Å². The first-order valence-electron chi connectivity index (χ1n) is 7.79. The van der Waals surface area contributed by atoms with Crippen LogP contribution in [0.2, 0.25) is 10.0 Å². The molecule has 0 fully saturated rings. The highest BCUT2D eigenvalue weighted by Crippen LogP contribution is 2.29. The number of aryl methyl sites for hydroxylation is 1. The van der Waals surface area contributed by atoms with Gasteiger partial charge < -0.3 is 9.88 Å². The largest absolute Gasteiger partial charge is 0.324 e. The van der Waals surface area contributed by atoms with Gasteiger partial charge in [-0.25, -0.2) is 0 Å². The highest BCUT2D eigenvalue weighted by atomic mass is 35.5. The van der Waals surface area contributed by atoms with Crippen molar-refractivity contribution < 1.29 is 4.79 Å². The van der Waals surface area contributed by atoms with Crippen molar-refractivity contribution in [1.29, 1.82) is 0 Å². The van der Waals surface area contributed by atoms with Gasteiger partial charge in [0.25, 0.3) is 0 Å². The quantitative estimate of drug-likeness (QED) is 0.616. The van der Waals surface area contributed by atoms with Crippen LogP contribution in [-0.4, -0.2) is 26.4 Å². The van der Waals surface area contributed by atoms with E-state index in [0.717, 1.165) is 11.1 Å². The van der Waals surface area contributed by atoms with E-state index in [2.05, 4.69) is 15.5 Å². The summed E-state index contributed by atoms with van der Waals surface area (Å²) in [5.41, 5.74) is 2.47. The molecule has 0 saturated heterocycles. The van der Waals surface area contributed by atoms with Crippen molar-refractivity contribution in [3.8, 4) is 11.4 Å². The summed E-state index contributed by atoms with van der Waals surface area (Å²) < 4.78 is 1.82. The van der Waals surface area contributed by atoms with Crippen molar-refractivity contribution in [1.82, 2.24) is 14.8 Å². The first-order chi connectivity index (χ1) is 12.5. The third-order valence-corrected chi connectivity index (χ3v) is 5.34. The van der Waals surface area contributed by atoms with Gasteiger partial charge in [0, 0.05) is 12.6 Å². The molecule has 0 radical (unpaired) electrons. The van der Waals surface area contributed by atoms with Crippen LogP contribution in [0.4, 0.5) is 5.69 Å². The van der Waals surface area contributed by atoms with Gasteiger partial charge >= 0.3 is 0 Å². The molecule has 134 valence electrons. The minimum Gasteiger partial charge on any atom is -0.324 e. The number of benzene rings is 2. The van der Waals surface area contributed by atoms with Crippen LogP contribution in [-0.2, 0) is 11.8 Å². The molecule has 0 aliphatic rings. The Labute approximate surface area is 165 Å². The number of anilines is 1. The zero-order valence-electron chi connectivity index (χ0n) is 14.2. The van der Waals surface area contributed by atoms with E-state index >= 15 is 0 Å². The number of para-hydroxylation sites is 1. The molecule has 8 heteroatoms. The SMILES string of the molecule is Cc1ccc(-c2nnc(SCC(=O)Nc3ccccc3Cl)n2C)c(Cl)c1. The predicted molar refractivity (Wildman–Crippen MR) is 107 cm³/mol. The van der Waals surface area contributed by atoms with Crippen molar-refractivity contribution in [2.75, 3.05) is 11.1 Å². The van der Waals surface area contributed by atoms with Gasteiger partial charge in [-0.05, 0) is 36.8 Å². The predicted octanol–water partition coefficient (Wildman–Crippen LogP) is 4.83. The summed E-state index contributed by atoms with van der Waals surface area (Å²) in [4.78, 5) is 12.1. The second-order valence-electron chi connectivity index (χ2n) is 5.67. The smallest absolute Gasteiger partial charge is 0.234 e. The van der Waals surface area contributed by atoms with Crippen molar-refractivity contribution in [3.63, 3.8) is 0 Å². The molecule has 1 amide bonds. The van der Waals surface area contributed by atoms with Gasteiger partial charge in [0.15, 0.2) is 11.0 Å². The lowest BCUT2D eigenvalue weighted by Crippen LogP contribution is -2.14. The van der Waals surface area contributed by atoms with Crippen molar-refractivity contribution in [2.45, 2.75) is 12.1 Å². The molecular formula is C18H16Cl2N4OS. The molecule has 5 nitrogen and oxygen atoms in total. The average molecular weight is 407 g/mol. The van der Waals surface area contributed by atoms with E-state index in [4.69, 9.17) is 23.2 Å². The molecule has 0 bridgehead atoms. The molecule has 1 aromatic heterocycles. The van der Waals surface area contributed by atoms with Gasteiger partial charge in [-0.1, -0.05) is 53.2 Å². The molecule has 26 heavy (non-hydrogen) atoms. The summed E-state index contributed by atoms with van der Waals surface area (Å²) in [6.45, 7) is 1.98. The fraction of sp³-hybridized carbons (Fsp3) is 0.167. The van der Waals surface area contributed by atoms with Gasteiger partial charge in [0.2, 0.25) is 5.91 Å². The van der Waals surface area contributed by atoms with Crippen molar-refractivity contribution >= 4 is 46.6 Å². The summed E-state index contributed by atoms with van der Waals surface area (Å²) in [7, 11) is 1.85. The Morgan fingerprint density at radius 3 is 2.65 bits per heavy atom. The van der Waals surface area contributed by atoms with E-state index < -0.39 is 0 Å². The van der Waals surface area contributed by atoms with E-state index in [9.17, 15) is 4.79 Å². The van der Waals surface area contributed by atoms with Gasteiger partial charge in [0.05, 0.1) is 21.5 Å². The molecule has 3 rings (SSSR count). The molecule has 1 heterocycles. The number of aromatic nitrogens is 3. The lowest BCUT2D eigenvalue weighted by molar-refractivity contribution is -0.113. The maximum atomic E-state index is 12.1. The molecule has 3 aromatic rings. The highest BCUT2D eigenvalue weighted by Gasteiger charge is 2.15. The van der Waals surface area contributed by atoms with Crippen LogP contribution in [0.3, 0.4) is 0 Å². The number of thioether (sulfide) groups is 1. The number of amides is 1. The summed E-state index contributed by atoms with van der Waals surface area (Å²) in [5.74, 6) is 0.684. The molecule has 0 aliphatic carbocycles. The Morgan fingerprint density at radius 2 is 1.92 bits per heavy atom. The van der Waals surface area contributed by atoms with E-state index in [1.165, 1.54) is 11.8 Å². The van der Waals surface area contributed by atoms with Crippen molar-refractivity contribution in [3.05, 3.63) is 58.1 Å². The molecule has 2 aromatic carbocycles. The van der Waals surface area contributed by atoms with Gasteiger partial charge in [-0.2, -0.15) is 0 Å². The maximum absolute atomic E-state index is 12.1. The van der Waals surface area contributed by atoms with E-state index in [0.29, 0.717) is 26.7 Å². The lowest BCUT2D eigenvalue weighted by atomic mass is 10.1. The second kappa shape index (κ2) is 8.12. The molecule has 0 saturated carbocycles. The monoisotopic (exact) mass is 406 g/mol. The molecule has 0 unspecified atom stereocenters. The number of halogens is 2. The number of nitrogens with one attached hydrogen (secondary N) is 1. The molecule has 1 N–H and O–H groups in total. The second-order valence-corrected chi connectivity index (χ2v) is 7.42. The van der Waals surface area contributed by atoms with Crippen LogP contribution in [0.15, 0.2) is 47.6 Å². The standard InChI is InChI=1S/C18H16Cl2N4OS/c1-11-7-8-12(14(20)9-11)17-22-23-18(24(17)2)26-10-16(25)21-15-6-4-3-5-13(15)19/h3-9H,10H2,1-2H3,(H,21,25). The Morgan fingerprint density at radius 1 is 1.15 bits per heavy atom. The first-order valence-corrected chi connectivity index (χ1v) is 9.53. The Bertz CT molecular complexity index is 958. The fourth-order valence-corrected chi connectivity index (χ4v) is 3.57. The van der Waals surface area contributed by atoms with Gasteiger partial charge in [-0.3, -0.25) is 4.79 Å². The molecule has 0 spiro atoms. The normalized spacial score (nSPS) is 10.8. The minimum atomic E-state index is -0.166. The first kappa shape index (κ1) is 18.8. The fourth-order valence-electron chi connectivity index (χ4n) is 2.36.